The highest BCUT2D eigenvalue weighted by molar-refractivity contribution is 5.76. The highest BCUT2D eigenvalue weighted by atomic mass is 19.1. The molecule has 1 heterocycles. The number of nitrogens with one attached hydrogen (secondary N) is 1. The van der Waals surface area contributed by atoms with Crippen LogP contribution in [0.2, 0.25) is 0 Å². The summed E-state index contributed by atoms with van der Waals surface area (Å²) < 4.78 is 12.9. The molecule has 0 radical (unpaired) electrons. The van der Waals surface area contributed by atoms with E-state index < -0.39 is 0 Å². The maximum absolute atomic E-state index is 12.9. The predicted octanol–water partition coefficient (Wildman–Crippen LogP) is 1.95. The summed E-state index contributed by atoms with van der Waals surface area (Å²) in [5.74, 6) is -0.278. The fraction of sp³-hybridized carbons (Fsp3) is 0.0909. The molecule has 0 unspecified atom stereocenters. The van der Waals surface area contributed by atoms with Crippen molar-refractivity contribution in [3.05, 3.63) is 53.1 Å². The smallest absolute Gasteiger partial charge is 0.153 e. The van der Waals surface area contributed by atoms with E-state index in [0.29, 0.717) is 17.7 Å². The van der Waals surface area contributed by atoms with Crippen LogP contribution in [-0.4, -0.2) is 16.5 Å². The third kappa shape index (κ3) is 2.10. The minimum Gasteiger partial charge on any atom is -0.298 e. The number of hydrogen-bond acceptors (Lipinski definition) is 2. The summed E-state index contributed by atoms with van der Waals surface area (Å²) in [6, 6.07) is 6.27. The number of benzene rings is 1. The minimum atomic E-state index is -0.278. The van der Waals surface area contributed by atoms with Crippen molar-refractivity contribution in [3.8, 4) is 0 Å². The summed E-state index contributed by atoms with van der Waals surface area (Å²) in [6.45, 7) is 0. The number of H-pyrrole nitrogens is 1. The topological polar surface area (TPSA) is 45.8 Å². The van der Waals surface area contributed by atoms with Gasteiger partial charge in [0.2, 0.25) is 0 Å². The average Bonchev–Trinajstić information content (AvgIpc) is 2.65. The van der Waals surface area contributed by atoms with E-state index in [-0.39, 0.29) is 5.82 Å². The summed E-state index contributed by atoms with van der Waals surface area (Å²) in [7, 11) is 0. The van der Waals surface area contributed by atoms with Gasteiger partial charge < -0.3 is 0 Å². The molecule has 0 saturated carbocycles. The quantitative estimate of drug-likeness (QED) is 0.777. The first-order valence-electron chi connectivity index (χ1n) is 4.51. The number of halogens is 1. The van der Waals surface area contributed by atoms with Gasteiger partial charge in [0.05, 0.1) is 17.5 Å². The lowest BCUT2D eigenvalue weighted by Crippen LogP contribution is -1.93. The van der Waals surface area contributed by atoms with Crippen molar-refractivity contribution >= 4 is 6.29 Å². The Morgan fingerprint density at radius 2 is 2.33 bits per heavy atom. The van der Waals surface area contributed by atoms with Crippen LogP contribution in [-0.2, 0) is 6.42 Å². The van der Waals surface area contributed by atoms with Gasteiger partial charge in [-0.25, -0.2) is 4.39 Å². The number of aldehydes is 1. The third-order valence-corrected chi connectivity index (χ3v) is 2.15. The number of carbonyl (C=O) groups is 1. The molecular formula is C11H9FN2O. The van der Waals surface area contributed by atoms with Crippen molar-refractivity contribution in [2.45, 2.75) is 6.42 Å². The van der Waals surface area contributed by atoms with Crippen molar-refractivity contribution in [2.24, 2.45) is 0 Å². The molecule has 2 rings (SSSR count). The maximum atomic E-state index is 12.9. The van der Waals surface area contributed by atoms with Crippen LogP contribution in [0.5, 0.6) is 0 Å². The van der Waals surface area contributed by atoms with Crippen LogP contribution in [0.3, 0.4) is 0 Å². The SMILES string of the molecule is O=Cc1cn[nH]c1Cc1cccc(F)c1. The van der Waals surface area contributed by atoms with Crippen LogP contribution in [0.4, 0.5) is 4.39 Å². The van der Waals surface area contributed by atoms with Gasteiger partial charge in [-0.1, -0.05) is 12.1 Å². The highest BCUT2D eigenvalue weighted by Crippen LogP contribution is 2.11. The zero-order valence-electron chi connectivity index (χ0n) is 7.90. The van der Waals surface area contributed by atoms with E-state index >= 15 is 0 Å². The Morgan fingerprint density at radius 1 is 1.47 bits per heavy atom. The number of rotatable bonds is 3. The fourth-order valence-electron chi connectivity index (χ4n) is 1.42. The second-order valence-corrected chi connectivity index (χ2v) is 3.23. The van der Waals surface area contributed by atoms with Gasteiger partial charge in [0.1, 0.15) is 5.82 Å². The summed E-state index contributed by atoms with van der Waals surface area (Å²) >= 11 is 0. The number of nitrogens with zero attached hydrogens (tertiary/aromatic N) is 1. The minimum absolute atomic E-state index is 0.278. The van der Waals surface area contributed by atoms with Crippen molar-refractivity contribution in [3.63, 3.8) is 0 Å². The van der Waals surface area contributed by atoms with Crippen LogP contribution in [0.15, 0.2) is 30.5 Å². The molecule has 0 bridgehead atoms. The zero-order valence-corrected chi connectivity index (χ0v) is 7.90. The lowest BCUT2D eigenvalue weighted by molar-refractivity contribution is 0.112. The monoisotopic (exact) mass is 204 g/mol. The van der Waals surface area contributed by atoms with Crippen LogP contribution in [0.25, 0.3) is 0 Å². The van der Waals surface area contributed by atoms with E-state index in [9.17, 15) is 9.18 Å². The molecule has 15 heavy (non-hydrogen) atoms. The zero-order chi connectivity index (χ0) is 10.7. The summed E-state index contributed by atoms with van der Waals surface area (Å²) in [4.78, 5) is 10.6. The van der Waals surface area contributed by atoms with E-state index in [1.165, 1.54) is 18.3 Å². The van der Waals surface area contributed by atoms with Gasteiger partial charge in [-0.15, -0.1) is 0 Å². The Labute approximate surface area is 85.9 Å². The van der Waals surface area contributed by atoms with Gasteiger partial charge in [0.15, 0.2) is 6.29 Å². The van der Waals surface area contributed by atoms with Crippen LogP contribution < -0.4 is 0 Å². The molecule has 0 fully saturated rings. The molecule has 1 aromatic heterocycles. The third-order valence-electron chi connectivity index (χ3n) is 2.15. The molecule has 1 N–H and O–H groups in total. The first kappa shape index (κ1) is 9.58. The summed E-state index contributed by atoms with van der Waals surface area (Å²) in [6.07, 6.45) is 2.67. The molecule has 0 aliphatic carbocycles. The largest absolute Gasteiger partial charge is 0.298 e. The Balaban J connectivity index is 2.25. The van der Waals surface area contributed by atoms with Crippen molar-refractivity contribution in [2.75, 3.05) is 0 Å². The lowest BCUT2D eigenvalue weighted by Gasteiger charge is -1.99. The maximum Gasteiger partial charge on any atom is 0.153 e. The van der Waals surface area contributed by atoms with Gasteiger partial charge in [-0.2, -0.15) is 5.10 Å². The fourth-order valence-corrected chi connectivity index (χ4v) is 1.42. The van der Waals surface area contributed by atoms with Gasteiger partial charge in [0.25, 0.3) is 0 Å². The first-order chi connectivity index (χ1) is 7.29. The van der Waals surface area contributed by atoms with Gasteiger partial charge >= 0.3 is 0 Å². The lowest BCUT2D eigenvalue weighted by atomic mass is 10.1. The second kappa shape index (κ2) is 4.04. The number of aromatic nitrogens is 2. The van der Waals surface area contributed by atoms with E-state index in [4.69, 9.17) is 0 Å². The number of aromatic amines is 1. The molecule has 0 amide bonds. The Kier molecular flexibility index (Phi) is 2.58. The molecule has 4 heteroatoms. The molecule has 0 saturated heterocycles. The molecule has 1 aromatic carbocycles. The van der Waals surface area contributed by atoms with Crippen LogP contribution >= 0.6 is 0 Å². The normalized spacial score (nSPS) is 10.2. The molecule has 0 atom stereocenters. The average molecular weight is 204 g/mol. The summed E-state index contributed by atoms with van der Waals surface area (Å²) in [5, 5.41) is 6.48. The summed E-state index contributed by atoms with van der Waals surface area (Å²) in [5.41, 5.74) is 2.03. The molecule has 2 aromatic rings. The van der Waals surface area contributed by atoms with E-state index in [2.05, 4.69) is 10.2 Å². The molecular weight excluding hydrogens is 195 g/mol. The standard InChI is InChI=1S/C11H9FN2O/c12-10-3-1-2-8(4-10)5-11-9(7-15)6-13-14-11/h1-4,6-7H,5H2,(H,13,14). The number of hydrogen-bond donors (Lipinski definition) is 1. The van der Waals surface area contributed by atoms with Crippen molar-refractivity contribution in [1.82, 2.24) is 10.2 Å². The molecule has 0 spiro atoms. The Hall–Kier alpha value is -1.97. The van der Waals surface area contributed by atoms with E-state index in [0.717, 1.165) is 11.8 Å². The molecule has 76 valence electrons. The van der Waals surface area contributed by atoms with Crippen LogP contribution in [0, 0.1) is 5.82 Å². The molecule has 0 aliphatic heterocycles. The van der Waals surface area contributed by atoms with E-state index in [1.54, 1.807) is 12.1 Å². The Bertz CT molecular complexity index is 479. The second-order valence-electron chi connectivity index (χ2n) is 3.23. The van der Waals surface area contributed by atoms with E-state index in [1.807, 2.05) is 0 Å². The molecule has 3 nitrogen and oxygen atoms in total. The van der Waals surface area contributed by atoms with Gasteiger partial charge in [-0.3, -0.25) is 9.89 Å². The van der Waals surface area contributed by atoms with Gasteiger partial charge in [0, 0.05) is 6.42 Å². The molecule has 0 aliphatic rings. The highest BCUT2D eigenvalue weighted by Gasteiger charge is 2.05. The predicted molar refractivity (Wildman–Crippen MR) is 53.2 cm³/mol. The Morgan fingerprint density at radius 3 is 3.07 bits per heavy atom. The van der Waals surface area contributed by atoms with Gasteiger partial charge in [-0.05, 0) is 17.7 Å². The first-order valence-corrected chi connectivity index (χ1v) is 4.51. The van der Waals surface area contributed by atoms with Crippen LogP contribution in [0.1, 0.15) is 21.6 Å². The number of carbonyl (C=O) groups excluding carboxylic acids is 1. The van der Waals surface area contributed by atoms with Crippen molar-refractivity contribution in [1.29, 1.82) is 0 Å². The van der Waals surface area contributed by atoms with Crippen molar-refractivity contribution < 1.29 is 9.18 Å².